The number of amides is 3. The molecule has 0 spiro atoms. The first-order valence-corrected chi connectivity index (χ1v) is 10.2. The molecule has 140 valence electrons. The number of carbonyl (C=O) groups is 3. The summed E-state index contributed by atoms with van der Waals surface area (Å²) in [6, 6.07) is 6.36. The third kappa shape index (κ3) is 4.21. The summed E-state index contributed by atoms with van der Waals surface area (Å²) in [4.78, 5) is 37.2. The van der Waals surface area contributed by atoms with Crippen LogP contribution in [0.3, 0.4) is 0 Å². The number of rotatable bonds is 4. The molecular weight excluding hydrogens is 358 g/mol. The van der Waals surface area contributed by atoms with Gasteiger partial charge in [0.2, 0.25) is 17.7 Å². The summed E-state index contributed by atoms with van der Waals surface area (Å²) in [7, 11) is -3.08. The van der Waals surface area contributed by atoms with Crippen molar-refractivity contribution in [2.75, 3.05) is 28.7 Å². The van der Waals surface area contributed by atoms with E-state index in [1.165, 1.54) is 11.8 Å². The highest BCUT2D eigenvalue weighted by atomic mass is 32.2. The average molecular weight is 379 g/mol. The summed E-state index contributed by atoms with van der Waals surface area (Å²) < 4.78 is 23.2. The molecule has 0 bridgehead atoms. The van der Waals surface area contributed by atoms with Crippen LogP contribution >= 0.6 is 0 Å². The molecule has 0 radical (unpaired) electrons. The third-order valence-corrected chi connectivity index (χ3v) is 6.40. The van der Waals surface area contributed by atoms with Crippen molar-refractivity contribution in [1.82, 2.24) is 4.90 Å². The van der Waals surface area contributed by atoms with Gasteiger partial charge in [0.15, 0.2) is 9.84 Å². The van der Waals surface area contributed by atoms with E-state index in [-0.39, 0.29) is 48.2 Å². The summed E-state index contributed by atoms with van der Waals surface area (Å²) in [6.07, 6.45) is 0.527. The van der Waals surface area contributed by atoms with Crippen LogP contribution in [0.4, 0.5) is 11.4 Å². The second-order valence-corrected chi connectivity index (χ2v) is 8.98. The van der Waals surface area contributed by atoms with E-state index in [1.54, 1.807) is 24.3 Å². The molecule has 2 N–H and O–H groups in total. The number of nitrogens with zero attached hydrogens (tertiary/aromatic N) is 1. The van der Waals surface area contributed by atoms with E-state index in [4.69, 9.17) is 0 Å². The number of sulfone groups is 1. The molecule has 2 aliphatic heterocycles. The summed E-state index contributed by atoms with van der Waals surface area (Å²) in [5.74, 6) is -1.04. The predicted molar refractivity (Wildman–Crippen MR) is 96.3 cm³/mol. The highest BCUT2D eigenvalue weighted by molar-refractivity contribution is 7.91. The van der Waals surface area contributed by atoms with Gasteiger partial charge in [-0.25, -0.2) is 8.42 Å². The van der Waals surface area contributed by atoms with Gasteiger partial charge in [-0.05, 0) is 30.7 Å². The van der Waals surface area contributed by atoms with Crippen LogP contribution in [-0.2, 0) is 24.2 Å². The van der Waals surface area contributed by atoms with Crippen molar-refractivity contribution < 1.29 is 22.8 Å². The fourth-order valence-electron chi connectivity index (χ4n) is 3.37. The molecule has 0 aliphatic carbocycles. The molecule has 2 atom stereocenters. The molecule has 2 aliphatic rings. The lowest BCUT2D eigenvalue weighted by molar-refractivity contribution is -0.129. The van der Waals surface area contributed by atoms with Crippen LogP contribution in [0.15, 0.2) is 24.3 Å². The Kier molecular flexibility index (Phi) is 4.99. The molecule has 2 heterocycles. The fraction of sp³-hybridized carbons (Fsp3) is 0.471. The number of benzene rings is 1. The number of anilines is 2. The lowest BCUT2D eigenvalue weighted by Crippen LogP contribution is -2.38. The molecule has 0 unspecified atom stereocenters. The van der Waals surface area contributed by atoms with Crippen LogP contribution in [0.1, 0.15) is 19.8 Å². The summed E-state index contributed by atoms with van der Waals surface area (Å²) in [6.45, 7) is 1.66. The zero-order valence-corrected chi connectivity index (χ0v) is 15.2. The largest absolute Gasteiger partial charge is 0.338 e. The van der Waals surface area contributed by atoms with Crippen LogP contribution in [-0.4, -0.2) is 55.1 Å². The van der Waals surface area contributed by atoms with Crippen LogP contribution in [0.25, 0.3) is 0 Å². The van der Waals surface area contributed by atoms with Gasteiger partial charge in [0.05, 0.1) is 17.4 Å². The van der Waals surface area contributed by atoms with Crippen molar-refractivity contribution in [3.05, 3.63) is 24.3 Å². The van der Waals surface area contributed by atoms with Gasteiger partial charge >= 0.3 is 0 Å². The second kappa shape index (κ2) is 7.06. The normalized spacial score (nSPS) is 24.5. The van der Waals surface area contributed by atoms with E-state index >= 15 is 0 Å². The van der Waals surface area contributed by atoms with E-state index < -0.39 is 15.8 Å². The van der Waals surface area contributed by atoms with E-state index in [0.29, 0.717) is 17.8 Å². The standard InChI is InChI=1S/C17H21N3O5S/c1-11(21)18-13-2-4-14(5-3-13)19-17(23)12-8-16(22)20(9-12)15-6-7-26(24,25)10-15/h2-5,12,15H,6-10H2,1H3,(H,18,21)(H,19,23)/t12-,15-/m1/s1. The first-order valence-electron chi connectivity index (χ1n) is 8.42. The number of nitrogens with one attached hydrogen (secondary N) is 2. The van der Waals surface area contributed by atoms with Crippen molar-refractivity contribution in [3.63, 3.8) is 0 Å². The smallest absolute Gasteiger partial charge is 0.229 e. The van der Waals surface area contributed by atoms with Gasteiger partial charge in [-0.3, -0.25) is 14.4 Å². The number of likely N-dealkylation sites (tertiary alicyclic amines) is 1. The molecule has 3 amide bonds. The molecule has 1 aromatic carbocycles. The van der Waals surface area contributed by atoms with Crippen LogP contribution < -0.4 is 10.6 Å². The maximum atomic E-state index is 12.4. The molecule has 26 heavy (non-hydrogen) atoms. The lowest BCUT2D eigenvalue weighted by atomic mass is 10.1. The number of carbonyl (C=O) groups excluding carboxylic acids is 3. The summed E-state index contributed by atoms with van der Waals surface area (Å²) >= 11 is 0. The molecule has 0 saturated carbocycles. The van der Waals surface area contributed by atoms with Crippen molar-refractivity contribution in [2.24, 2.45) is 5.92 Å². The first-order chi connectivity index (χ1) is 12.2. The van der Waals surface area contributed by atoms with Gasteiger partial charge in [-0.15, -0.1) is 0 Å². The molecule has 1 aromatic rings. The van der Waals surface area contributed by atoms with E-state index in [0.717, 1.165) is 0 Å². The van der Waals surface area contributed by atoms with Gasteiger partial charge in [0.1, 0.15) is 0 Å². The molecule has 2 fully saturated rings. The lowest BCUT2D eigenvalue weighted by Gasteiger charge is -2.22. The van der Waals surface area contributed by atoms with Crippen molar-refractivity contribution in [1.29, 1.82) is 0 Å². The minimum atomic E-state index is -3.08. The topological polar surface area (TPSA) is 113 Å². The van der Waals surface area contributed by atoms with Gasteiger partial charge in [-0.2, -0.15) is 0 Å². The average Bonchev–Trinajstić information content (AvgIpc) is 3.11. The van der Waals surface area contributed by atoms with Crippen LogP contribution in [0.2, 0.25) is 0 Å². The fourth-order valence-corrected chi connectivity index (χ4v) is 5.10. The van der Waals surface area contributed by atoms with Crippen molar-refractivity contribution >= 4 is 38.9 Å². The molecule has 2 saturated heterocycles. The van der Waals surface area contributed by atoms with Crippen LogP contribution in [0.5, 0.6) is 0 Å². The Morgan fingerprint density at radius 2 is 1.73 bits per heavy atom. The van der Waals surface area contributed by atoms with E-state index in [2.05, 4.69) is 10.6 Å². The second-order valence-electron chi connectivity index (χ2n) is 6.75. The maximum Gasteiger partial charge on any atom is 0.229 e. The summed E-state index contributed by atoms with van der Waals surface area (Å²) in [5, 5.41) is 5.40. The zero-order valence-electron chi connectivity index (χ0n) is 14.4. The Balaban J connectivity index is 1.59. The van der Waals surface area contributed by atoms with E-state index in [9.17, 15) is 22.8 Å². The summed E-state index contributed by atoms with van der Waals surface area (Å²) in [5.41, 5.74) is 1.19. The van der Waals surface area contributed by atoms with Gasteiger partial charge in [0, 0.05) is 37.3 Å². The van der Waals surface area contributed by atoms with Crippen molar-refractivity contribution in [3.8, 4) is 0 Å². The highest BCUT2D eigenvalue weighted by Crippen LogP contribution is 2.27. The molecule has 9 heteroatoms. The third-order valence-electron chi connectivity index (χ3n) is 4.65. The van der Waals surface area contributed by atoms with Gasteiger partial charge in [0.25, 0.3) is 0 Å². The molecule has 0 aromatic heterocycles. The van der Waals surface area contributed by atoms with Gasteiger partial charge < -0.3 is 15.5 Å². The Labute approximate surface area is 151 Å². The number of hydrogen-bond donors (Lipinski definition) is 2. The molecule has 3 rings (SSSR count). The molecule has 8 nitrogen and oxygen atoms in total. The quantitative estimate of drug-likeness (QED) is 0.796. The Morgan fingerprint density at radius 1 is 1.12 bits per heavy atom. The minimum absolute atomic E-state index is 0.0162. The highest BCUT2D eigenvalue weighted by Gasteiger charge is 2.41. The number of hydrogen-bond acceptors (Lipinski definition) is 5. The SMILES string of the molecule is CC(=O)Nc1ccc(NC(=O)[C@@H]2CC(=O)N([C@@H]3CCS(=O)(=O)C3)C2)cc1. The van der Waals surface area contributed by atoms with Gasteiger partial charge in [-0.1, -0.05) is 0 Å². The van der Waals surface area contributed by atoms with E-state index in [1.807, 2.05) is 0 Å². The maximum absolute atomic E-state index is 12.4. The predicted octanol–water partition coefficient (Wildman–Crippen LogP) is 0.619. The monoisotopic (exact) mass is 379 g/mol. The first kappa shape index (κ1) is 18.4. The Bertz CT molecular complexity index is 834. The Morgan fingerprint density at radius 3 is 2.27 bits per heavy atom. The van der Waals surface area contributed by atoms with Crippen LogP contribution in [0, 0.1) is 5.92 Å². The minimum Gasteiger partial charge on any atom is -0.338 e. The van der Waals surface area contributed by atoms with Crippen molar-refractivity contribution in [2.45, 2.75) is 25.8 Å². The zero-order chi connectivity index (χ0) is 18.9. The molecular formula is C17H21N3O5S. The Hall–Kier alpha value is -2.42.